The van der Waals surface area contributed by atoms with Gasteiger partial charge in [-0.25, -0.2) is 0 Å². The van der Waals surface area contributed by atoms with Crippen LogP contribution in [-0.2, 0) is 4.89 Å². The SMILES string of the molecule is CCNc1c(C#N)cccc1OOC(C)(C)C. The highest BCUT2D eigenvalue weighted by Gasteiger charge is 2.15. The van der Waals surface area contributed by atoms with Gasteiger partial charge in [-0.15, -0.1) is 0 Å². The first-order chi connectivity index (χ1) is 7.98. The van der Waals surface area contributed by atoms with Crippen LogP contribution in [0.15, 0.2) is 18.2 Å². The van der Waals surface area contributed by atoms with Crippen LogP contribution in [0, 0.1) is 11.3 Å². The molecule has 0 heterocycles. The summed E-state index contributed by atoms with van der Waals surface area (Å²) in [5, 5.41) is 12.1. The summed E-state index contributed by atoms with van der Waals surface area (Å²) >= 11 is 0. The predicted octanol–water partition coefficient (Wildman–Crippen LogP) is 3.10. The van der Waals surface area contributed by atoms with Gasteiger partial charge in [0.2, 0.25) is 0 Å². The van der Waals surface area contributed by atoms with Crippen molar-refractivity contribution >= 4 is 5.69 Å². The van der Waals surface area contributed by atoms with Crippen molar-refractivity contribution in [2.75, 3.05) is 11.9 Å². The molecule has 0 aromatic heterocycles. The molecule has 0 atom stereocenters. The summed E-state index contributed by atoms with van der Waals surface area (Å²) in [6.07, 6.45) is 0. The summed E-state index contributed by atoms with van der Waals surface area (Å²) in [5.74, 6) is 0.529. The zero-order valence-corrected chi connectivity index (χ0v) is 10.7. The molecule has 4 heteroatoms. The third kappa shape index (κ3) is 3.97. The first kappa shape index (κ1) is 13.3. The summed E-state index contributed by atoms with van der Waals surface area (Å²) in [6, 6.07) is 7.39. The van der Waals surface area contributed by atoms with Crippen molar-refractivity contribution in [2.45, 2.75) is 33.3 Å². The van der Waals surface area contributed by atoms with E-state index in [0.717, 1.165) is 0 Å². The fourth-order valence-corrected chi connectivity index (χ4v) is 1.22. The number of hydrogen-bond acceptors (Lipinski definition) is 4. The van der Waals surface area contributed by atoms with Crippen molar-refractivity contribution in [3.63, 3.8) is 0 Å². The maximum atomic E-state index is 9.01. The van der Waals surface area contributed by atoms with E-state index in [9.17, 15) is 0 Å². The molecule has 0 fully saturated rings. The van der Waals surface area contributed by atoms with E-state index in [1.54, 1.807) is 18.2 Å². The minimum Gasteiger partial charge on any atom is -0.381 e. The van der Waals surface area contributed by atoms with Gasteiger partial charge in [0.15, 0.2) is 5.75 Å². The Morgan fingerprint density at radius 2 is 2.06 bits per heavy atom. The number of para-hydroxylation sites is 1. The molecule has 0 radical (unpaired) electrons. The van der Waals surface area contributed by atoms with E-state index >= 15 is 0 Å². The Hall–Kier alpha value is -1.73. The van der Waals surface area contributed by atoms with Crippen LogP contribution in [0.25, 0.3) is 0 Å². The van der Waals surface area contributed by atoms with Crippen molar-refractivity contribution < 1.29 is 9.78 Å². The van der Waals surface area contributed by atoms with Crippen LogP contribution in [0.5, 0.6) is 5.75 Å². The van der Waals surface area contributed by atoms with E-state index < -0.39 is 5.60 Å². The van der Waals surface area contributed by atoms with Crippen molar-refractivity contribution in [3.8, 4) is 11.8 Å². The van der Waals surface area contributed by atoms with Crippen LogP contribution >= 0.6 is 0 Å². The van der Waals surface area contributed by atoms with Gasteiger partial charge in [-0.1, -0.05) is 6.07 Å². The van der Waals surface area contributed by atoms with Crippen molar-refractivity contribution in [3.05, 3.63) is 23.8 Å². The number of benzene rings is 1. The van der Waals surface area contributed by atoms with Gasteiger partial charge in [-0.3, -0.25) is 0 Å². The van der Waals surface area contributed by atoms with Gasteiger partial charge in [-0.05, 0) is 39.8 Å². The largest absolute Gasteiger partial charge is 0.381 e. The van der Waals surface area contributed by atoms with Gasteiger partial charge in [-0.2, -0.15) is 10.1 Å². The van der Waals surface area contributed by atoms with Crippen LogP contribution in [0.2, 0.25) is 0 Å². The minimum absolute atomic E-state index is 0.397. The Balaban J connectivity index is 2.94. The second-order valence-corrected chi connectivity index (χ2v) is 4.60. The number of rotatable bonds is 4. The molecule has 17 heavy (non-hydrogen) atoms. The van der Waals surface area contributed by atoms with Crippen LogP contribution in [0.1, 0.15) is 33.3 Å². The molecule has 0 bridgehead atoms. The monoisotopic (exact) mass is 234 g/mol. The lowest BCUT2D eigenvalue weighted by Crippen LogP contribution is -2.21. The smallest absolute Gasteiger partial charge is 0.189 e. The number of nitrogens with zero attached hydrogens (tertiary/aromatic N) is 1. The van der Waals surface area contributed by atoms with E-state index in [1.165, 1.54) is 0 Å². The molecule has 0 saturated heterocycles. The van der Waals surface area contributed by atoms with Gasteiger partial charge in [0, 0.05) is 6.54 Å². The summed E-state index contributed by atoms with van der Waals surface area (Å²) < 4.78 is 0. The Morgan fingerprint density at radius 1 is 1.35 bits per heavy atom. The number of anilines is 1. The molecule has 0 unspecified atom stereocenters. The highest BCUT2D eigenvalue weighted by Crippen LogP contribution is 2.29. The van der Waals surface area contributed by atoms with Crippen LogP contribution in [0.3, 0.4) is 0 Å². The maximum absolute atomic E-state index is 9.01. The average Bonchev–Trinajstić information content (AvgIpc) is 2.27. The molecule has 1 rings (SSSR count). The maximum Gasteiger partial charge on any atom is 0.189 e. The molecule has 4 nitrogen and oxygen atoms in total. The van der Waals surface area contributed by atoms with Gasteiger partial charge in [0.1, 0.15) is 11.7 Å². The Labute approximate surface area is 102 Å². The first-order valence-electron chi connectivity index (χ1n) is 5.60. The zero-order chi connectivity index (χ0) is 12.9. The molecule has 0 aliphatic heterocycles. The van der Waals surface area contributed by atoms with Crippen LogP contribution in [0.4, 0.5) is 5.69 Å². The third-order valence-corrected chi connectivity index (χ3v) is 1.88. The molecule has 0 aliphatic carbocycles. The normalized spacial score (nSPS) is 10.8. The van der Waals surface area contributed by atoms with E-state index in [2.05, 4.69) is 11.4 Å². The molecule has 0 spiro atoms. The van der Waals surface area contributed by atoms with Gasteiger partial charge in [0.05, 0.1) is 11.3 Å². The number of nitriles is 1. The summed E-state index contributed by atoms with van der Waals surface area (Å²) in [7, 11) is 0. The van der Waals surface area contributed by atoms with Crippen molar-refractivity contribution in [2.24, 2.45) is 0 Å². The summed E-state index contributed by atoms with van der Waals surface area (Å²) in [4.78, 5) is 10.5. The number of nitrogens with one attached hydrogen (secondary N) is 1. The lowest BCUT2D eigenvalue weighted by molar-refractivity contribution is -0.274. The highest BCUT2D eigenvalue weighted by molar-refractivity contribution is 5.66. The minimum atomic E-state index is -0.397. The molecular weight excluding hydrogens is 216 g/mol. The van der Waals surface area contributed by atoms with Crippen molar-refractivity contribution in [1.82, 2.24) is 0 Å². The van der Waals surface area contributed by atoms with E-state index in [0.29, 0.717) is 23.5 Å². The van der Waals surface area contributed by atoms with E-state index in [1.807, 2.05) is 27.7 Å². The Bertz CT molecular complexity index is 416. The Kier molecular flexibility index (Phi) is 4.36. The van der Waals surface area contributed by atoms with Crippen molar-refractivity contribution in [1.29, 1.82) is 5.26 Å². The van der Waals surface area contributed by atoms with Gasteiger partial charge in [0.25, 0.3) is 0 Å². The van der Waals surface area contributed by atoms with Gasteiger partial charge >= 0.3 is 0 Å². The standard InChI is InChI=1S/C13H18N2O2/c1-5-15-12-10(9-14)7-6-8-11(12)16-17-13(2,3)4/h6-8,15H,5H2,1-4H3. The topological polar surface area (TPSA) is 54.3 Å². The lowest BCUT2D eigenvalue weighted by atomic mass is 10.2. The molecule has 1 aromatic rings. The first-order valence-corrected chi connectivity index (χ1v) is 5.60. The van der Waals surface area contributed by atoms with Crippen LogP contribution in [-0.4, -0.2) is 12.1 Å². The third-order valence-electron chi connectivity index (χ3n) is 1.88. The highest BCUT2D eigenvalue weighted by atomic mass is 17.2. The molecule has 0 saturated carbocycles. The quantitative estimate of drug-likeness (QED) is 0.642. The summed E-state index contributed by atoms with van der Waals surface area (Å²) in [6.45, 7) is 8.36. The fraction of sp³-hybridized carbons (Fsp3) is 0.462. The zero-order valence-electron chi connectivity index (χ0n) is 10.7. The molecule has 0 aliphatic rings. The average molecular weight is 234 g/mol. The van der Waals surface area contributed by atoms with E-state index in [-0.39, 0.29) is 0 Å². The van der Waals surface area contributed by atoms with Crippen LogP contribution < -0.4 is 10.2 Å². The predicted molar refractivity (Wildman–Crippen MR) is 66.8 cm³/mol. The Morgan fingerprint density at radius 3 is 2.59 bits per heavy atom. The second-order valence-electron chi connectivity index (χ2n) is 4.60. The summed E-state index contributed by atoms with van der Waals surface area (Å²) in [5.41, 5.74) is 0.815. The van der Waals surface area contributed by atoms with E-state index in [4.69, 9.17) is 15.0 Å². The molecule has 0 amide bonds. The van der Waals surface area contributed by atoms with Gasteiger partial charge < -0.3 is 10.2 Å². The molecule has 1 N–H and O–H groups in total. The number of hydrogen-bond donors (Lipinski definition) is 1. The second kappa shape index (κ2) is 5.55. The molecule has 92 valence electrons. The lowest BCUT2D eigenvalue weighted by Gasteiger charge is -2.19. The molecular formula is C13H18N2O2. The molecule has 1 aromatic carbocycles. The fourth-order valence-electron chi connectivity index (χ4n) is 1.22.